The molecular weight excluding hydrogens is 380 g/mol. The highest BCUT2D eigenvalue weighted by atomic mass is 35.5. The van der Waals surface area contributed by atoms with Crippen LogP contribution in [-0.2, 0) is 4.79 Å². The first-order valence-corrected chi connectivity index (χ1v) is 10.0. The predicted octanol–water partition coefficient (Wildman–Crippen LogP) is 4.17. The van der Waals surface area contributed by atoms with Crippen molar-refractivity contribution < 1.29 is 4.79 Å². The topological polar surface area (TPSA) is 50.5 Å². The monoisotopic (exact) mass is 398 g/mol. The number of halogens is 1. The molecule has 2 aliphatic heterocycles. The number of fused-ring (bicyclic) bond motifs is 1. The van der Waals surface area contributed by atoms with E-state index >= 15 is 0 Å². The van der Waals surface area contributed by atoms with Crippen LogP contribution < -0.4 is 4.90 Å². The van der Waals surface area contributed by atoms with Crippen molar-refractivity contribution in [2.24, 2.45) is 4.99 Å². The number of likely N-dealkylation sites (N-methyl/N-ethyl adjacent to an activating group) is 1. The minimum Gasteiger partial charge on any atom is -0.313 e. The Hall–Kier alpha value is -2.31. The summed E-state index contributed by atoms with van der Waals surface area (Å²) in [6.45, 7) is 2.00. The molecule has 0 aliphatic carbocycles. The molecule has 27 heavy (non-hydrogen) atoms. The Labute approximate surface area is 167 Å². The molecular formula is C20H19ClN4OS. The zero-order chi connectivity index (χ0) is 19.0. The first-order valence-electron chi connectivity index (χ1n) is 8.67. The third-order valence-corrected chi connectivity index (χ3v) is 6.10. The van der Waals surface area contributed by atoms with Gasteiger partial charge in [0.2, 0.25) is 0 Å². The van der Waals surface area contributed by atoms with E-state index in [-0.39, 0.29) is 10.6 Å². The van der Waals surface area contributed by atoms with Gasteiger partial charge >= 0.3 is 0 Å². The van der Waals surface area contributed by atoms with Gasteiger partial charge in [0.25, 0.3) is 5.91 Å². The lowest BCUT2D eigenvalue weighted by Gasteiger charge is -2.20. The van der Waals surface area contributed by atoms with Crippen molar-refractivity contribution in [2.75, 3.05) is 11.9 Å². The van der Waals surface area contributed by atoms with Gasteiger partial charge in [-0.05, 0) is 37.1 Å². The predicted molar refractivity (Wildman–Crippen MR) is 113 cm³/mol. The van der Waals surface area contributed by atoms with E-state index in [2.05, 4.69) is 16.2 Å². The van der Waals surface area contributed by atoms with Crippen LogP contribution in [0.3, 0.4) is 0 Å². The molecule has 0 saturated carbocycles. The average molecular weight is 399 g/mol. The lowest BCUT2D eigenvalue weighted by atomic mass is 10.1. The molecule has 3 heterocycles. The number of benzene rings is 1. The molecule has 1 aromatic heterocycles. The van der Waals surface area contributed by atoms with Gasteiger partial charge < -0.3 is 4.90 Å². The van der Waals surface area contributed by atoms with Crippen LogP contribution in [0.4, 0.5) is 5.69 Å². The molecule has 0 bridgehead atoms. The number of aromatic nitrogens is 2. The van der Waals surface area contributed by atoms with Gasteiger partial charge in [0.05, 0.1) is 17.6 Å². The van der Waals surface area contributed by atoms with Crippen LogP contribution in [-0.4, -0.2) is 38.5 Å². The number of aryl methyl sites for hydroxylation is 1. The fraction of sp³-hybridized carbons (Fsp3) is 0.250. The first kappa shape index (κ1) is 18.1. The Balaban J connectivity index is 1.62. The average Bonchev–Trinajstić information content (AvgIpc) is 3.15. The molecule has 0 radical (unpaired) electrons. The largest absolute Gasteiger partial charge is 0.313 e. The fourth-order valence-electron chi connectivity index (χ4n) is 3.10. The standard InChI is InChI=1S/C20H19ClN4OS/c1-13-7-6-8-14(11-13)24(2)20(26)19-23-17(18(21)27-19)15-12-22-25-10-5-3-4-9-16(15)25/h4-12,18-19H,3H2,1-2H3. The quantitative estimate of drug-likeness (QED) is 0.729. The maximum absolute atomic E-state index is 13.0. The Morgan fingerprint density at radius 2 is 2.22 bits per heavy atom. The SMILES string of the molecule is Cc1cccc(N(C)C(=O)C2N=C(c3cnn4c3C=CCC=C4)C(Cl)S2)c1. The Morgan fingerprint density at radius 1 is 1.37 bits per heavy atom. The van der Waals surface area contributed by atoms with E-state index in [0.717, 1.165) is 28.9 Å². The van der Waals surface area contributed by atoms with Gasteiger partial charge in [-0.3, -0.25) is 9.79 Å². The molecule has 4 rings (SSSR count). The summed E-state index contributed by atoms with van der Waals surface area (Å²) in [5.74, 6) is -0.0834. The molecule has 5 nitrogen and oxygen atoms in total. The van der Waals surface area contributed by atoms with Gasteiger partial charge in [-0.2, -0.15) is 5.10 Å². The van der Waals surface area contributed by atoms with Gasteiger partial charge in [-0.25, -0.2) is 4.68 Å². The summed E-state index contributed by atoms with van der Waals surface area (Å²) in [5, 5.41) is 3.83. The first-order chi connectivity index (χ1) is 13.0. The number of hydrogen-bond acceptors (Lipinski definition) is 4. The van der Waals surface area contributed by atoms with E-state index in [1.165, 1.54) is 11.8 Å². The number of alkyl halides is 1. The Bertz CT molecular complexity index is 978. The smallest absolute Gasteiger partial charge is 0.261 e. The molecule has 0 spiro atoms. The van der Waals surface area contributed by atoms with Crippen molar-refractivity contribution in [3.8, 4) is 0 Å². The van der Waals surface area contributed by atoms with Crippen LogP contribution in [0.1, 0.15) is 23.2 Å². The summed E-state index contributed by atoms with van der Waals surface area (Å²) in [6, 6.07) is 7.85. The molecule has 2 atom stereocenters. The minimum absolute atomic E-state index is 0.0834. The normalized spacial score (nSPS) is 20.9. The van der Waals surface area contributed by atoms with E-state index in [4.69, 9.17) is 11.6 Å². The maximum atomic E-state index is 13.0. The van der Waals surface area contributed by atoms with Crippen molar-refractivity contribution in [1.29, 1.82) is 0 Å². The van der Waals surface area contributed by atoms with Gasteiger partial charge in [0.15, 0.2) is 5.37 Å². The third-order valence-electron chi connectivity index (χ3n) is 4.55. The molecule has 138 valence electrons. The molecule has 0 fully saturated rings. The summed E-state index contributed by atoms with van der Waals surface area (Å²) >= 11 is 7.90. The summed E-state index contributed by atoms with van der Waals surface area (Å²) in [4.78, 5) is 19.3. The Kier molecular flexibility index (Phi) is 4.93. The van der Waals surface area contributed by atoms with E-state index in [1.807, 2.05) is 54.2 Å². The number of thioether (sulfide) groups is 1. The molecule has 2 aliphatic rings. The minimum atomic E-state index is -0.561. The summed E-state index contributed by atoms with van der Waals surface area (Å²) in [5.41, 5.74) is 4.47. The molecule has 7 heteroatoms. The van der Waals surface area contributed by atoms with Gasteiger partial charge in [0.1, 0.15) is 4.71 Å². The van der Waals surface area contributed by atoms with Gasteiger partial charge in [0, 0.05) is 24.5 Å². The van der Waals surface area contributed by atoms with Gasteiger partial charge in [-0.15, -0.1) is 11.6 Å². The van der Waals surface area contributed by atoms with Crippen LogP contribution in [0.5, 0.6) is 0 Å². The number of anilines is 1. The number of carbonyl (C=O) groups excluding carboxylic acids is 1. The van der Waals surface area contributed by atoms with Crippen LogP contribution in [0.2, 0.25) is 0 Å². The van der Waals surface area contributed by atoms with Crippen molar-refractivity contribution >= 4 is 52.9 Å². The highest BCUT2D eigenvalue weighted by Gasteiger charge is 2.36. The van der Waals surface area contributed by atoms with Crippen LogP contribution in [0, 0.1) is 6.92 Å². The second-order valence-electron chi connectivity index (χ2n) is 6.47. The number of amides is 1. The molecule has 2 unspecified atom stereocenters. The second-order valence-corrected chi connectivity index (χ2v) is 8.35. The lowest BCUT2D eigenvalue weighted by Crippen LogP contribution is -2.33. The van der Waals surface area contributed by atoms with Crippen molar-refractivity contribution in [3.63, 3.8) is 0 Å². The van der Waals surface area contributed by atoms with E-state index < -0.39 is 5.37 Å². The number of hydrogen-bond donors (Lipinski definition) is 0. The van der Waals surface area contributed by atoms with Crippen LogP contribution in [0.15, 0.2) is 47.6 Å². The summed E-state index contributed by atoms with van der Waals surface area (Å²) in [6.07, 6.45) is 10.7. The zero-order valence-electron chi connectivity index (χ0n) is 15.0. The van der Waals surface area contributed by atoms with Crippen molar-refractivity contribution in [3.05, 3.63) is 59.4 Å². The molecule has 0 saturated heterocycles. The molecule has 0 N–H and O–H groups in total. The summed E-state index contributed by atoms with van der Waals surface area (Å²) < 4.78 is 1.42. The second kappa shape index (κ2) is 7.37. The van der Waals surface area contributed by atoms with Crippen molar-refractivity contribution in [2.45, 2.75) is 23.4 Å². The van der Waals surface area contributed by atoms with E-state index in [1.54, 1.807) is 18.1 Å². The fourth-order valence-corrected chi connectivity index (χ4v) is 4.56. The number of aliphatic imine (C=N–C) groups is 1. The lowest BCUT2D eigenvalue weighted by molar-refractivity contribution is -0.117. The number of carbonyl (C=O) groups is 1. The highest BCUT2D eigenvalue weighted by molar-refractivity contribution is 8.03. The number of nitrogens with zero attached hydrogens (tertiary/aromatic N) is 4. The zero-order valence-corrected chi connectivity index (χ0v) is 16.6. The Morgan fingerprint density at radius 3 is 3.04 bits per heavy atom. The summed E-state index contributed by atoms with van der Waals surface area (Å²) in [7, 11) is 1.77. The van der Waals surface area contributed by atoms with E-state index in [0.29, 0.717) is 5.71 Å². The number of allylic oxidation sites excluding steroid dienone is 2. The van der Waals surface area contributed by atoms with Crippen molar-refractivity contribution in [1.82, 2.24) is 9.78 Å². The molecule has 1 amide bonds. The third kappa shape index (κ3) is 3.47. The van der Waals surface area contributed by atoms with Crippen LogP contribution in [0.25, 0.3) is 12.3 Å². The van der Waals surface area contributed by atoms with Gasteiger partial charge in [-0.1, -0.05) is 36.0 Å². The molecule has 2 aromatic rings. The maximum Gasteiger partial charge on any atom is 0.261 e. The number of rotatable bonds is 3. The highest BCUT2D eigenvalue weighted by Crippen LogP contribution is 2.36. The van der Waals surface area contributed by atoms with E-state index in [9.17, 15) is 4.79 Å². The molecule has 1 aromatic carbocycles. The van der Waals surface area contributed by atoms with Crippen LogP contribution >= 0.6 is 23.4 Å².